The first-order valence-electron chi connectivity index (χ1n) is 10.7. The molecule has 2 aromatic heterocycles. The van der Waals surface area contributed by atoms with Crippen molar-refractivity contribution in [2.24, 2.45) is 5.92 Å². The van der Waals surface area contributed by atoms with Crippen molar-refractivity contribution in [3.8, 4) is 11.1 Å². The number of nitrogens with zero attached hydrogens (tertiary/aromatic N) is 4. The molecule has 4 rings (SSSR count). The summed E-state index contributed by atoms with van der Waals surface area (Å²) in [5.41, 5.74) is 2.93. The number of nitrogens with one attached hydrogen (secondary N) is 1. The molecule has 164 valence electrons. The second-order valence-electron chi connectivity index (χ2n) is 7.82. The lowest BCUT2D eigenvalue weighted by molar-refractivity contribution is -0.134. The summed E-state index contributed by atoms with van der Waals surface area (Å²) in [5, 5.41) is 6.16. The largest absolute Gasteiger partial charge is 0.341 e. The van der Waals surface area contributed by atoms with Gasteiger partial charge in [-0.1, -0.05) is 30.3 Å². The minimum absolute atomic E-state index is 0.0496. The maximum Gasteiger partial charge on any atom is 0.274 e. The van der Waals surface area contributed by atoms with Gasteiger partial charge in [-0.25, -0.2) is 5.10 Å². The van der Waals surface area contributed by atoms with E-state index in [1.165, 1.54) is 12.1 Å². The maximum absolute atomic E-state index is 13.1. The van der Waals surface area contributed by atoms with Gasteiger partial charge in [0.05, 0.1) is 5.92 Å². The Balaban J connectivity index is 1.53. The zero-order valence-corrected chi connectivity index (χ0v) is 17.9. The summed E-state index contributed by atoms with van der Waals surface area (Å²) >= 11 is 0. The summed E-state index contributed by atoms with van der Waals surface area (Å²) in [6.45, 7) is 3.74. The van der Waals surface area contributed by atoms with Crippen molar-refractivity contribution in [3.05, 3.63) is 82.5 Å². The van der Waals surface area contributed by atoms with E-state index in [1.54, 1.807) is 16.0 Å². The molecule has 1 fully saturated rings. The summed E-state index contributed by atoms with van der Waals surface area (Å²) in [6, 6.07) is 14.7. The van der Waals surface area contributed by atoms with Gasteiger partial charge in [-0.2, -0.15) is 5.10 Å². The second kappa shape index (κ2) is 9.55. The van der Waals surface area contributed by atoms with Crippen LogP contribution < -0.4 is 5.56 Å². The second-order valence-corrected chi connectivity index (χ2v) is 7.82. The zero-order chi connectivity index (χ0) is 22.5. The average Bonchev–Trinajstić information content (AvgIpc) is 2.99. The van der Waals surface area contributed by atoms with Gasteiger partial charge in [-0.05, 0) is 42.2 Å². The zero-order valence-electron chi connectivity index (χ0n) is 17.9. The van der Waals surface area contributed by atoms with Crippen molar-refractivity contribution in [3.63, 3.8) is 0 Å². The van der Waals surface area contributed by atoms with Gasteiger partial charge in [-0.15, -0.1) is 0 Å². The first kappa shape index (κ1) is 21.4. The summed E-state index contributed by atoms with van der Waals surface area (Å²) in [7, 11) is 0. The van der Waals surface area contributed by atoms with Crippen LogP contribution in [0.3, 0.4) is 0 Å². The number of aromatic amines is 1. The molecule has 2 amide bonds. The number of aromatic nitrogens is 3. The number of hydrogen-bond donors (Lipinski definition) is 1. The lowest BCUT2D eigenvalue weighted by atomic mass is 9.96. The molecule has 8 heteroatoms. The Morgan fingerprint density at radius 1 is 1.06 bits per heavy atom. The molecule has 32 heavy (non-hydrogen) atoms. The Hall–Kier alpha value is -3.81. The van der Waals surface area contributed by atoms with E-state index in [1.807, 2.05) is 49.5 Å². The number of pyridine rings is 1. The van der Waals surface area contributed by atoms with Crippen molar-refractivity contribution in [1.29, 1.82) is 0 Å². The van der Waals surface area contributed by atoms with E-state index >= 15 is 0 Å². The van der Waals surface area contributed by atoms with E-state index in [0.29, 0.717) is 32.6 Å². The number of likely N-dealkylation sites (N-methyl/N-ethyl adjacent to an activating group) is 1. The van der Waals surface area contributed by atoms with E-state index in [2.05, 4.69) is 15.2 Å². The van der Waals surface area contributed by atoms with Crippen LogP contribution in [-0.4, -0.2) is 63.0 Å². The number of rotatable bonds is 5. The number of amides is 2. The van der Waals surface area contributed by atoms with Gasteiger partial charge in [0, 0.05) is 44.6 Å². The third-order valence-corrected chi connectivity index (χ3v) is 5.74. The standard InChI is InChI=1S/C24H25N5O3/c1-2-28-12-13-29(24(32)21-9-10-22(30)27-26-21)16-20(23(28)31)14-17-5-7-18(8-6-17)19-4-3-11-25-15-19/h3-11,15,20H,2,12-14,16H2,1H3,(H,27,30)/t20-/m1/s1. The summed E-state index contributed by atoms with van der Waals surface area (Å²) < 4.78 is 0. The SMILES string of the molecule is CCN1CCN(C(=O)c2ccc(=O)[nH]n2)C[C@@H](Cc2ccc(-c3cccnc3)cc2)C1=O. The molecule has 8 nitrogen and oxygen atoms in total. The van der Waals surface area contributed by atoms with E-state index in [-0.39, 0.29) is 29.0 Å². The molecule has 1 aliphatic heterocycles. The van der Waals surface area contributed by atoms with Gasteiger partial charge >= 0.3 is 0 Å². The van der Waals surface area contributed by atoms with Crippen LogP contribution in [-0.2, 0) is 11.2 Å². The number of H-pyrrole nitrogens is 1. The minimum Gasteiger partial charge on any atom is -0.341 e. The van der Waals surface area contributed by atoms with Gasteiger partial charge in [0.15, 0.2) is 0 Å². The van der Waals surface area contributed by atoms with Crippen LogP contribution in [0.5, 0.6) is 0 Å². The molecule has 0 bridgehead atoms. The molecule has 0 unspecified atom stereocenters. The van der Waals surface area contributed by atoms with Crippen LogP contribution in [0.25, 0.3) is 11.1 Å². The summed E-state index contributed by atoms with van der Waals surface area (Å²) in [4.78, 5) is 45.0. The van der Waals surface area contributed by atoms with Crippen LogP contribution in [0.1, 0.15) is 23.0 Å². The highest BCUT2D eigenvalue weighted by atomic mass is 16.2. The Labute approximate surface area is 185 Å². The maximum atomic E-state index is 13.1. The van der Waals surface area contributed by atoms with Gasteiger partial charge in [0.2, 0.25) is 5.91 Å². The third kappa shape index (κ3) is 4.74. The van der Waals surface area contributed by atoms with E-state index < -0.39 is 0 Å². The highest BCUT2D eigenvalue weighted by Crippen LogP contribution is 2.22. The molecule has 1 saturated heterocycles. The predicted octanol–water partition coefficient (Wildman–Crippen LogP) is 2.00. The molecule has 1 N–H and O–H groups in total. The Morgan fingerprint density at radius 3 is 2.53 bits per heavy atom. The number of hydrogen-bond acceptors (Lipinski definition) is 5. The van der Waals surface area contributed by atoms with Crippen molar-refractivity contribution in [2.45, 2.75) is 13.3 Å². The predicted molar refractivity (Wildman–Crippen MR) is 120 cm³/mol. The Kier molecular flexibility index (Phi) is 6.39. The van der Waals surface area contributed by atoms with Crippen LogP contribution in [0.2, 0.25) is 0 Å². The minimum atomic E-state index is -0.364. The van der Waals surface area contributed by atoms with Crippen molar-refractivity contribution >= 4 is 11.8 Å². The molecule has 1 aromatic carbocycles. The fourth-order valence-electron chi connectivity index (χ4n) is 3.97. The number of carbonyl (C=O) groups is 2. The highest BCUT2D eigenvalue weighted by Gasteiger charge is 2.32. The summed E-state index contributed by atoms with van der Waals surface area (Å²) in [5.74, 6) is -0.592. The van der Waals surface area contributed by atoms with Gasteiger partial charge in [0.25, 0.3) is 11.5 Å². The first-order valence-corrected chi connectivity index (χ1v) is 10.7. The molecule has 0 aliphatic carbocycles. The van der Waals surface area contributed by atoms with Gasteiger partial charge in [-0.3, -0.25) is 19.4 Å². The normalized spacial score (nSPS) is 16.7. The lowest BCUT2D eigenvalue weighted by Crippen LogP contribution is -2.38. The third-order valence-electron chi connectivity index (χ3n) is 5.74. The molecule has 0 radical (unpaired) electrons. The fraction of sp³-hybridized carbons (Fsp3) is 0.292. The Bertz CT molecular complexity index is 1120. The molecule has 3 aromatic rings. The van der Waals surface area contributed by atoms with Crippen molar-refractivity contribution in [1.82, 2.24) is 25.0 Å². The molecular weight excluding hydrogens is 406 g/mol. The molecule has 0 saturated carbocycles. The number of benzene rings is 1. The Morgan fingerprint density at radius 2 is 1.88 bits per heavy atom. The van der Waals surface area contributed by atoms with Gasteiger partial charge in [0.1, 0.15) is 5.69 Å². The first-order chi connectivity index (χ1) is 15.5. The van der Waals surface area contributed by atoms with Crippen molar-refractivity contribution in [2.75, 3.05) is 26.2 Å². The monoisotopic (exact) mass is 431 g/mol. The summed E-state index contributed by atoms with van der Waals surface area (Å²) in [6.07, 6.45) is 4.09. The van der Waals surface area contributed by atoms with Crippen molar-refractivity contribution < 1.29 is 9.59 Å². The molecule has 3 heterocycles. The molecule has 1 atom stereocenters. The molecular formula is C24H25N5O3. The van der Waals surface area contributed by atoms with E-state index in [0.717, 1.165) is 16.7 Å². The smallest absolute Gasteiger partial charge is 0.274 e. The average molecular weight is 431 g/mol. The number of carbonyl (C=O) groups excluding carboxylic acids is 2. The molecule has 0 spiro atoms. The van der Waals surface area contributed by atoms with E-state index in [4.69, 9.17) is 0 Å². The fourth-order valence-corrected chi connectivity index (χ4v) is 3.97. The quantitative estimate of drug-likeness (QED) is 0.666. The molecule has 1 aliphatic rings. The van der Waals surface area contributed by atoms with Crippen LogP contribution in [0.4, 0.5) is 0 Å². The van der Waals surface area contributed by atoms with E-state index in [9.17, 15) is 14.4 Å². The highest BCUT2D eigenvalue weighted by molar-refractivity contribution is 5.93. The van der Waals surface area contributed by atoms with Crippen LogP contribution in [0, 0.1) is 5.92 Å². The lowest BCUT2D eigenvalue weighted by Gasteiger charge is -2.23. The van der Waals surface area contributed by atoms with Crippen LogP contribution >= 0.6 is 0 Å². The van der Waals surface area contributed by atoms with Crippen LogP contribution in [0.15, 0.2) is 65.7 Å². The van der Waals surface area contributed by atoms with Gasteiger partial charge < -0.3 is 9.80 Å². The topological polar surface area (TPSA) is 99.3 Å².